The topological polar surface area (TPSA) is 12.0 Å². The quantitative estimate of drug-likeness (QED) is 0.594. The van der Waals surface area contributed by atoms with E-state index in [4.69, 9.17) is 0 Å². The number of halogens is 1. The first kappa shape index (κ1) is 14.1. The summed E-state index contributed by atoms with van der Waals surface area (Å²) >= 11 is 5.51. The molecule has 1 aromatic rings. The molecular formula is C13H20BrNS. The van der Waals surface area contributed by atoms with Gasteiger partial charge in [-0.3, -0.25) is 0 Å². The number of benzene rings is 1. The molecule has 90 valence electrons. The van der Waals surface area contributed by atoms with Crippen molar-refractivity contribution in [2.24, 2.45) is 0 Å². The zero-order valence-corrected chi connectivity index (χ0v) is 12.4. The lowest BCUT2D eigenvalue weighted by Crippen LogP contribution is -2.23. The van der Waals surface area contributed by atoms with Gasteiger partial charge >= 0.3 is 0 Å². The summed E-state index contributed by atoms with van der Waals surface area (Å²) in [7, 11) is 2.05. The van der Waals surface area contributed by atoms with Gasteiger partial charge in [-0.2, -0.15) is 0 Å². The van der Waals surface area contributed by atoms with E-state index in [1.54, 1.807) is 0 Å². The summed E-state index contributed by atoms with van der Waals surface area (Å²) in [6, 6.07) is 9.10. The number of hydrogen-bond donors (Lipinski definition) is 1. The standard InChI is InChI=1S/C13H20BrNS/c1-3-11(15-2)7-6-10-16-13-9-5-4-8-12(13)14/h4-5,8-9,11,15H,3,6-7,10H2,1-2H3. The van der Waals surface area contributed by atoms with Crippen LogP contribution in [0.4, 0.5) is 0 Å². The van der Waals surface area contributed by atoms with E-state index in [1.165, 1.54) is 34.4 Å². The van der Waals surface area contributed by atoms with Gasteiger partial charge < -0.3 is 5.32 Å². The first-order valence-corrected chi connectivity index (χ1v) is 7.60. The van der Waals surface area contributed by atoms with Gasteiger partial charge in [0.1, 0.15) is 0 Å². The average Bonchev–Trinajstić information content (AvgIpc) is 2.31. The van der Waals surface area contributed by atoms with Crippen LogP contribution in [-0.4, -0.2) is 18.8 Å². The number of hydrogen-bond acceptors (Lipinski definition) is 2. The van der Waals surface area contributed by atoms with Gasteiger partial charge in [0.15, 0.2) is 0 Å². The van der Waals surface area contributed by atoms with E-state index < -0.39 is 0 Å². The third-order valence-electron chi connectivity index (χ3n) is 2.69. The highest BCUT2D eigenvalue weighted by Crippen LogP contribution is 2.27. The predicted molar refractivity (Wildman–Crippen MR) is 77.2 cm³/mol. The average molecular weight is 302 g/mol. The molecule has 1 N–H and O–H groups in total. The third-order valence-corrected chi connectivity index (χ3v) is 4.81. The Hall–Kier alpha value is 0.01000. The fraction of sp³-hybridized carbons (Fsp3) is 0.538. The lowest BCUT2D eigenvalue weighted by molar-refractivity contribution is 0.504. The molecule has 1 rings (SSSR count). The van der Waals surface area contributed by atoms with Crippen LogP contribution < -0.4 is 5.32 Å². The summed E-state index contributed by atoms with van der Waals surface area (Å²) in [5, 5.41) is 3.34. The van der Waals surface area contributed by atoms with Gasteiger partial charge in [0, 0.05) is 15.4 Å². The minimum atomic E-state index is 0.680. The van der Waals surface area contributed by atoms with Crippen LogP contribution in [0, 0.1) is 0 Å². The Balaban J connectivity index is 2.23. The molecule has 0 aliphatic heterocycles. The predicted octanol–water partition coefficient (Wildman–Crippen LogP) is 4.32. The van der Waals surface area contributed by atoms with Crippen LogP contribution in [0.1, 0.15) is 26.2 Å². The van der Waals surface area contributed by atoms with E-state index in [0.29, 0.717) is 6.04 Å². The summed E-state index contributed by atoms with van der Waals surface area (Å²) < 4.78 is 1.21. The molecule has 0 bridgehead atoms. The minimum Gasteiger partial charge on any atom is -0.317 e. The highest BCUT2D eigenvalue weighted by Gasteiger charge is 2.03. The smallest absolute Gasteiger partial charge is 0.0311 e. The molecule has 0 fully saturated rings. The molecule has 0 saturated heterocycles. The molecular weight excluding hydrogens is 282 g/mol. The van der Waals surface area contributed by atoms with Crippen molar-refractivity contribution in [2.45, 2.75) is 37.1 Å². The SMILES string of the molecule is CCC(CCCSc1ccccc1Br)NC. The van der Waals surface area contributed by atoms with Crippen LogP contribution >= 0.6 is 27.7 Å². The maximum absolute atomic E-state index is 3.57. The molecule has 1 aromatic carbocycles. The summed E-state index contributed by atoms with van der Waals surface area (Å²) in [5.74, 6) is 1.20. The number of thioether (sulfide) groups is 1. The Kier molecular flexibility index (Phi) is 7.17. The van der Waals surface area contributed by atoms with Crippen LogP contribution in [0.2, 0.25) is 0 Å². The highest BCUT2D eigenvalue weighted by molar-refractivity contribution is 9.10. The molecule has 0 aromatic heterocycles. The second-order valence-corrected chi connectivity index (χ2v) is 5.81. The van der Waals surface area contributed by atoms with Crippen molar-refractivity contribution in [2.75, 3.05) is 12.8 Å². The van der Waals surface area contributed by atoms with Gasteiger partial charge in [-0.25, -0.2) is 0 Å². The van der Waals surface area contributed by atoms with Gasteiger partial charge in [-0.15, -0.1) is 11.8 Å². The van der Waals surface area contributed by atoms with Crippen molar-refractivity contribution in [1.82, 2.24) is 5.32 Å². The Morgan fingerprint density at radius 1 is 1.38 bits per heavy atom. The van der Waals surface area contributed by atoms with Gasteiger partial charge in [0.05, 0.1) is 0 Å². The molecule has 0 saturated carbocycles. The second kappa shape index (κ2) is 8.15. The summed E-state index contributed by atoms with van der Waals surface area (Å²) in [6.07, 6.45) is 3.76. The molecule has 0 spiro atoms. The van der Waals surface area contributed by atoms with Crippen LogP contribution in [0.25, 0.3) is 0 Å². The summed E-state index contributed by atoms with van der Waals surface area (Å²) in [5.41, 5.74) is 0. The Morgan fingerprint density at radius 2 is 2.12 bits per heavy atom. The van der Waals surface area contributed by atoms with Crippen molar-refractivity contribution in [3.63, 3.8) is 0 Å². The van der Waals surface area contributed by atoms with Gasteiger partial charge in [0.25, 0.3) is 0 Å². The molecule has 0 aliphatic carbocycles. The molecule has 16 heavy (non-hydrogen) atoms. The highest BCUT2D eigenvalue weighted by atomic mass is 79.9. The maximum atomic E-state index is 3.57. The van der Waals surface area contributed by atoms with E-state index in [-0.39, 0.29) is 0 Å². The van der Waals surface area contributed by atoms with Crippen LogP contribution in [0.15, 0.2) is 33.6 Å². The van der Waals surface area contributed by atoms with Crippen LogP contribution in [-0.2, 0) is 0 Å². The van der Waals surface area contributed by atoms with E-state index >= 15 is 0 Å². The fourth-order valence-corrected chi connectivity index (χ4v) is 3.17. The molecule has 1 atom stereocenters. The van der Waals surface area contributed by atoms with E-state index in [1.807, 2.05) is 11.8 Å². The molecule has 0 amide bonds. The van der Waals surface area contributed by atoms with E-state index in [9.17, 15) is 0 Å². The molecule has 1 unspecified atom stereocenters. The van der Waals surface area contributed by atoms with Crippen molar-refractivity contribution in [3.05, 3.63) is 28.7 Å². The zero-order chi connectivity index (χ0) is 11.8. The fourth-order valence-electron chi connectivity index (χ4n) is 1.63. The van der Waals surface area contributed by atoms with E-state index in [0.717, 1.165) is 0 Å². The normalized spacial score (nSPS) is 12.7. The maximum Gasteiger partial charge on any atom is 0.0311 e. The van der Waals surface area contributed by atoms with Crippen LogP contribution in [0.3, 0.4) is 0 Å². The first-order chi connectivity index (χ1) is 7.77. The van der Waals surface area contributed by atoms with Gasteiger partial charge in [-0.05, 0) is 60.1 Å². The Morgan fingerprint density at radius 3 is 2.75 bits per heavy atom. The Bertz CT molecular complexity index is 300. The Labute approximate surface area is 112 Å². The largest absolute Gasteiger partial charge is 0.317 e. The van der Waals surface area contributed by atoms with Crippen LogP contribution in [0.5, 0.6) is 0 Å². The minimum absolute atomic E-state index is 0.680. The van der Waals surface area contributed by atoms with Crippen molar-refractivity contribution in [3.8, 4) is 0 Å². The molecule has 0 aliphatic rings. The summed E-state index contributed by atoms with van der Waals surface area (Å²) in [6.45, 7) is 2.24. The monoisotopic (exact) mass is 301 g/mol. The number of nitrogens with one attached hydrogen (secondary N) is 1. The molecule has 0 radical (unpaired) electrons. The van der Waals surface area contributed by atoms with Gasteiger partial charge in [0.2, 0.25) is 0 Å². The summed E-state index contributed by atoms with van der Waals surface area (Å²) in [4.78, 5) is 1.35. The van der Waals surface area contributed by atoms with Gasteiger partial charge in [-0.1, -0.05) is 19.1 Å². The third kappa shape index (κ3) is 4.89. The van der Waals surface area contributed by atoms with Crippen molar-refractivity contribution >= 4 is 27.7 Å². The molecule has 3 heteroatoms. The number of rotatable bonds is 7. The zero-order valence-electron chi connectivity index (χ0n) is 10.0. The first-order valence-electron chi connectivity index (χ1n) is 5.82. The van der Waals surface area contributed by atoms with E-state index in [2.05, 4.69) is 59.5 Å². The van der Waals surface area contributed by atoms with Crippen molar-refractivity contribution in [1.29, 1.82) is 0 Å². The second-order valence-electron chi connectivity index (χ2n) is 3.81. The van der Waals surface area contributed by atoms with Crippen molar-refractivity contribution < 1.29 is 0 Å². The lowest BCUT2D eigenvalue weighted by Gasteiger charge is -2.13. The molecule has 0 heterocycles. The lowest BCUT2D eigenvalue weighted by atomic mass is 10.1. The molecule has 1 nitrogen and oxygen atoms in total.